The van der Waals surface area contributed by atoms with E-state index in [1.54, 1.807) is 0 Å². The molecule has 0 unspecified atom stereocenters. The number of rotatable bonds is 7. The SMILES string of the molecule is C=NC(=CN(CC)C(C)C)COC(C)C. The van der Waals surface area contributed by atoms with E-state index in [-0.39, 0.29) is 6.10 Å². The van der Waals surface area contributed by atoms with Crippen LogP contribution in [0.3, 0.4) is 0 Å². The van der Waals surface area contributed by atoms with Gasteiger partial charge in [0.25, 0.3) is 0 Å². The number of hydrogen-bond acceptors (Lipinski definition) is 3. The van der Waals surface area contributed by atoms with Gasteiger partial charge in [0, 0.05) is 18.8 Å². The lowest BCUT2D eigenvalue weighted by molar-refractivity contribution is 0.0957. The highest BCUT2D eigenvalue weighted by Crippen LogP contribution is 2.05. The van der Waals surface area contributed by atoms with Gasteiger partial charge in [-0.25, -0.2) is 0 Å². The van der Waals surface area contributed by atoms with Gasteiger partial charge in [0.05, 0.1) is 18.4 Å². The fourth-order valence-corrected chi connectivity index (χ4v) is 1.17. The van der Waals surface area contributed by atoms with E-state index in [0.717, 1.165) is 12.2 Å². The molecule has 0 atom stereocenters. The third-order valence-electron chi connectivity index (χ3n) is 2.11. The molecule has 3 heteroatoms. The van der Waals surface area contributed by atoms with Crippen LogP contribution in [0.25, 0.3) is 0 Å². The first-order valence-corrected chi connectivity index (χ1v) is 5.56. The Bertz CT molecular complexity index is 210. The predicted molar refractivity (Wildman–Crippen MR) is 66.2 cm³/mol. The largest absolute Gasteiger partial charge is 0.374 e. The first kappa shape index (κ1) is 14.2. The van der Waals surface area contributed by atoms with Crippen molar-refractivity contribution in [3.8, 4) is 0 Å². The molecule has 0 rings (SSSR count). The van der Waals surface area contributed by atoms with Crippen molar-refractivity contribution in [1.29, 1.82) is 0 Å². The summed E-state index contributed by atoms with van der Waals surface area (Å²) in [7, 11) is 0. The van der Waals surface area contributed by atoms with Gasteiger partial charge in [-0.3, -0.25) is 4.99 Å². The summed E-state index contributed by atoms with van der Waals surface area (Å²) in [6, 6.07) is 0.478. The summed E-state index contributed by atoms with van der Waals surface area (Å²) >= 11 is 0. The van der Waals surface area contributed by atoms with Gasteiger partial charge in [0.1, 0.15) is 0 Å². The van der Waals surface area contributed by atoms with Crippen molar-refractivity contribution < 1.29 is 4.74 Å². The molecule has 0 aromatic heterocycles. The fourth-order valence-electron chi connectivity index (χ4n) is 1.17. The van der Waals surface area contributed by atoms with Crippen LogP contribution in [0, 0.1) is 0 Å². The maximum absolute atomic E-state index is 5.49. The number of ether oxygens (including phenoxy) is 1. The standard InChI is InChI=1S/C12H24N2O/c1-7-14(10(2)3)8-12(13-6)9-15-11(4)5/h8,10-11H,6-7,9H2,1-5H3. The lowest BCUT2D eigenvalue weighted by Gasteiger charge is -2.23. The van der Waals surface area contributed by atoms with E-state index in [2.05, 4.69) is 37.4 Å². The minimum absolute atomic E-state index is 0.226. The predicted octanol–water partition coefficient (Wildman–Crippen LogP) is 2.68. The second-order valence-corrected chi connectivity index (χ2v) is 4.06. The van der Waals surface area contributed by atoms with E-state index in [1.807, 2.05) is 20.0 Å². The Morgan fingerprint density at radius 3 is 2.33 bits per heavy atom. The van der Waals surface area contributed by atoms with Crippen LogP contribution >= 0.6 is 0 Å². The number of nitrogens with zero attached hydrogens (tertiary/aromatic N) is 2. The molecule has 0 aromatic carbocycles. The Balaban J connectivity index is 4.35. The molecule has 0 saturated carbocycles. The topological polar surface area (TPSA) is 24.8 Å². The molecule has 0 amide bonds. The molecule has 0 saturated heterocycles. The zero-order valence-electron chi connectivity index (χ0n) is 10.7. The Morgan fingerprint density at radius 2 is 2.00 bits per heavy atom. The minimum atomic E-state index is 0.226. The summed E-state index contributed by atoms with van der Waals surface area (Å²) in [6.45, 7) is 15.5. The summed E-state index contributed by atoms with van der Waals surface area (Å²) < 4.78 is 5.49. The van der Waals surface area contributed by atoms with Crippen LogP contribution in [0.15, 0.2) is 16.9 Å². The van der Waals surface area contributed by atoms with Crippen molar-refractivity contribution in [1.82, 2.24) is 4.90 Å². The molecule has 0 aliphatic carbocycles. The zero-order valence-corrected chi connectivity index (χ0v) is 10.7. The molecule has 0 fully saturated rings. The van der Waals surface area contributed by atoms with E-state index < -0.39 is 0 Å². The zero-order chi connectivity index (χ0) is 11.8. The van der Waals surface area contributed by atoms with Gasteiger partial charge in [-0.05, 0) is 41.3 Å². The second-order valence-electron chi connectivity index (χ2n) is 4.06. The highest BCUT2D eigenvalue weighted by Gasteiger charge is 2.04. The lowest BCUT2D eigenvalue weighted by atomic mass is 10.3. The normalized spacial score (nSPS) is 12.3. The molecule has 0 aromatic rings. The summed E-state index contributed by atoms with van der Waals surface area (Å²) in [5.74, 6) is 0. The van der Waals surface area contributed by atoms with Crippen molar-refractivity contribution in [3.05, 3.63) is 11.9 Å². The molecule has 0 bridgehead atoms. The Kier molecular flexibility index (Phi) is 7.05. The van der Waals surface area contributed by atoms with Gasteiger partial charge in [-0.1, -0.05) is 0 Å². The highest BCUT2D eigenvalue weighted by atomic mass is 16.5. The van der Waals surface area contributed by atoms with Gasteiger partial charge in [0.2, 0.25) is 0 Å². The van der Waals surface area contributed by atoms with Gasteiger partial charge >= 0.3 is 0 Å². The summed E-state index contributed by atoms with van der Waals surface area (Å²) in [5, 5.41) is 0. The molecule has 0 spiro atoms. The van der Waals surface area contributed by atoms with Crippen LogP contribution in [-0.4, -0.2) is 36.9 Å². The Hall–Kier alpha value is -0.830. The molecule has 88 valence electrons. The molecule has 0 aliphatic rings. The van der Waals surface area contributed by atoms with Crippen LogP contribution in [0.2, 0.25) is 0 Å². The van der Waals surface area contributed by atoms with Crippen molar-refractivity contribution >= 4 is 6.72 Å². The second kappa shape index (κ2) is 7.46. The minimum Gasteiger partial charge on any atom is -0.374 e. The monoisotopic (exact) mass is 212 g/mol. The third-order valence-corrected chi connectivity index (χ3v) is 2.11. The molecular weight excluding hydrogens is 188 g/mol. The van der Waals surface area contributed by atoms with Gasteiger partial charge < -0.3 is 9.64 Å². The van der Waals surface area contributed by atoms with Gasteiger partial charge in [-0.15, -0.1) is 0 Å². The van der Waals surface area contributed by atoms with Crippen LogP contribution in [-0.2, 0) is 4.74 Å². The average Bonchev–Trinajstić information content (AvgIpc) is 2.17. The van der Waals surface area contributed by atoms with Crippen molar-refractivity contribution in [2.24, 2.45) is 4.99 Å². The molecule has 0 heterocycles. The van der Waals surface area contributed by atoms with Gasteiger partial charge in [-0.2, -0.15) is 0 Å². The molecule has 0 N–H and O–H groups in total. The first-order chi connectivity index (χ1) is 7.01. The van der Waals surface area contributed by atoms with E-state index in [1.165, 1.54) is 0 Å². The van der Waals surface area contributed by atoms with E-state index in [0.29, 0.717) is 12.6 Å². The van der Waals surface area contributed by atoms with Crippen LogP contribution in [0.1, 0.15) is 34.6 Å². The summed E-state index contributed by atoms with van der Waals surface area (Å²) in [5.41, 5.74) is 0.888. The molecule has 3 nitrogen and oxygen atoms in total. The Morgan fingerprint density at radius 1 is 1.40 bits per heavy atom. The van der Waals surface area contributed by atoms with E-state index in [4.69, 9.17) is 4.74 Å². The number of aliphatic imine (C=N–C) groups is 1. The molecular formula is C12H24N2O. The van der Waals surface area contributed by atoms with Crippen molar-refractivity contribution in [2.45, 2.75) is 46.8 Å². The summed E-state index contributed by atoms with van der Waals surface area (Å²) in [6.07, 6.45) is 2.25. The van der Waals surface area contributed by atoms with Crippen molar-refractivity contribution in [3.63, 3.8) is 0 Å². The van der Waals surface area contributed by atoms with Crippen molar-refractivity contribution in [2.75, 3.05) is 13.2 Å². The fraction of sp³-hybridized carbons (Fsp3) is 0.750. The van der Waals surface area contributed by atoms with E-state index in [9.17, 15) is 0 Å². The van der Waals surface area contributed by atoms with Crippen LogP contribution in [0.4, 0.5) is 0 Å². The lowest BCUT2D eigenvalue weighted by Crippen LogP contribution is -2.25. The van der Waals surface area contributed by atoms with Crippen LogP contribution in [0.5, 0.6) is 0 Å². The maximum atomic E-state index is 5.49. The summed E-state index contributed by atoms with van der Waals surface area (Å²) in [4.78, 5) is 6.19. The smallest absolute Gasteiger partial charge is 0.0905 e. The van der Waals surface area contributed by atoms with Gasteiger partial charge in [0.15, 0.2) is 0 Å². The first-order valence-electron chi connectivity index (χ1n) is 5.56. The van der Waals surface area contributed by atoms with Crippen LogP contribution < -0.4 is 0 Å². The molecule has 0 radical (unpaired) electrons. The molecule has 0 aliphatic heterocycles. The average molecular weight is 212 g/mol. The number of hydrogen-bond donors (Lipinski definition) is 0. The highest BCUT2D eigenvalue weighted by molar-refractivity contribution is 5.29. The Labute approximate surface area is 93.8 Å². The van der Waals surface area contributed by atoms with E-state index >= 15 is 0 Å². The molecule has 15 heavy (non-hydrogen) atoms. The maximum Gasteiger partial charge on any atom is 0.0905 e. The third kappa shape index (κ3) is 6.28. The quantitative estimate of drug-likeness (QED) is 0.606.